The fourth-order valence-corrected chi connectivity index (χ4v) is 2.96. The second-order valence-electron chi connectivity index (χ2n) is 6.39. The van der Waals surface area contributed by atoms with Crippen LogP contribution in [0.3, 0.4) is 0 Å². The lowest BCUT2D eigenvalue weighted by Gasteiger charge is -2.25. The highest BCUT2D eigenvalue weighted by molar-refractivity contribution is 5.51. The Bertz CT molecular complexity index is 610. The topological polar surface area (TPSA) is 21.7 Å². The molecule has 0 unspecified atom stereocenters. The van der Waals surface area contributed by atoms with E-state index in [9.17, 15) is 0 Å². The van der Waals surface area contributed by atoms with E-state index in [1.54, 1.807) is 14.2 Å². The van der Waals surface area contributed by atoms with E-state index in [-0.39, 0.29) is 0 Å². The molecule has 0 radical (unpaired) electrons. The summed E-state index contributed by atoms with van der Waals surface area (Å²) in [5.74, 6) is 1.81. The van der Waals surface area contributed by atoms with E-state index in [0.717, 1.165) is 24.6 Å². The first-order valence-corrected chi connectivity index (χ1v) is 9.28. The number of methoxy groups -OCH3 is 2. The van der Waals surface area contributed by atoms with E-state index in [4.69, 9.17) is 9.47 Å². The molecule has 0 aromatic heterocycles. The SMILES string of the molecule is CCCCCCCN(Cc1ccc(OC)cc1)c1cccc(OC)c1. The Labute approximate surface area is 152 Å². The van der Waals surface area contributed by atoms with Crippen LogP contribution in [0.5, 0.6) is 11.5 Å². The Balaban J connectivity index is 2.06. The molecule has 0 fully saturated rings. The zero-order valence-corrected chi connectivity index (χ0v) is 15.8. The van der Waals surface area contributed by atoms with Crippen molar-refractivity contribution in [3.63, 3.8) is 0 Å². The Morgan fingerprint density at radius 1 is 0.800 bits per heavy atom. The van der Waals surface area contributed by atoms with Gasteiger partial charge < -0.3 is 14.4 Å². The first-order valence-electron chi connectivity index (χ1n) is 9.28. The third kappa shape index (κ3) is 6.33. The van der Waals surface area contributed by atoms with Gasteiger partial charge in [0.05, 0.1) is 14.2 Å². The van der Waals surface area contributed by atoms with Gasteiger partial charge in [0.15, 0.2) is 0 Å². The van der Waals surface area contributed by atoms with Crippen molar-refractivity contribution in [2.75, 3.05) is 25.7 Å². The van der Waals surface area contributed by atoms with Crippen LogP contribution in [0.2, 0.25) is 0 Å². The third-order valence-electron chi connectivity index (χ3n) is 4.48. The Morgan fingerprint density at radius 3 is 2.20 bits per heavy atom. The van der Waals surface area contributed by atoms with Crippen molar-refractivity contribution in [2.45, 2.75) is 45.6 Å². The van der Waals surface area contributed by atoms with Crippen LogP contribution in [0.4, 0.5) is 5.69 Å². The van der Waals surface area contributed by atoms with Crippen LogP contribution in [0.15, 0.2) is 48.5 Å². The zero-order chi connectivity index (χ0) is 17.9. The van der Waals surface area contributed by atoms with Crippen LogP contribution in [-0.4, -0.2) is 20.8 Å². The number of ether oxygens (including phenoxy) is 2. The Kier molecular flexibility index (Phi) is 8.17. The lowest BCUT2D eigenvalue weighted by atomic mass is 10.1. The second kappa shape index (κ2) is 10.7. The summed E-state index contributed by atoms with van der Waals surface area (Å²) in [6, 6.07) is 16.7. The van der Waals surface area contributed by atoms with E-state index in [2.05, 4.69) is 42.2 Å². The van der Waals surface area contributed by atoms with Gasteiger partial charge in [0, 0.05) is 24.8 Å². The fraction of sp³-hybridized carbons (Fsp3) is 0.455. The monoisotopic (exact) mass is 341 g/mol. The number of unbranched alkanes of at least 4 members (excludes halogenated alkanes) is 4. The van der Waals surface area contributed by atoms with Crippen molar-refractivity contribution < 1.29 is 9.47 Å². The maximum atomic E-state index is 5.40. The van der Waals surface area contributed by atoms with Crippen LogP contribution in [0, 0.1) is 0 Å². The quantitative estimate of drug-likeness (QED) is 0.491. The van der Waals surface area contributed by atoms with Gasteiger partial charge in [-0.05, 0) is 36.2 Å². The number of hydrogen-bond acceptors (Lipinski definition) is 3. The molecule has 0 spiro atoms. The summed E-state index contributed by atoms with van der Waals surface area (Å²) >= 11 is 0. The highest BCUT2D eigenvalue weighted by Gasteiger charge is 2.09. The molecule has 25 heavy (non-hydrogen) atoms. The van der Waals surface area contributed by atoms with Gasteiger partial charge in [0.2, 0.25) is 0 Å². The highest BCUT2D eigenvalue weighted by atomic mass is 16.5. The van der Waals surface area contributed by atoms with Gasteiger partial charge in [0.25, 0.3) is 0 Å². The van der Waals surface area contributed by atoms with Crippen LogP contribution in [-0.2, 0) is 6.54 Å². The maximum Gasteiger partial charge on any atom is 0.120 e. The molecule has 0 bridgehead atoms. The molecule has 2 aromatic carbocycles. The summed E-state index contributed by atoms with van der Waals surface area (Å²) < 4.78 is 10.7. The van der Waals surface area contributed by atoms with Gasteiger partial charge in [-0.15, -0.1) is 0 Å². The zero-order valence-electron chi connectivity index (χ0n) is 15.8. The Morgan fingerprint density at radius 2 is 1.52 bits per heavy atom. The molecule has 2 aromatic rings. The first kappa shape index (κ1) is 19.2. The van der Waals surface area contributed by atoms with Crippen LogP contribution in [0.25, 0.3) is 0 Å². The lowest BCUT2D eigenvalue weighted by molar-refractivity contribution is 0.414. The summed E-state index contributed by atoms with van der Waals surface area (Å²) in [4.78, 5) is 2.44. The van der Waals surface area contributed by atoms with Gasteiger partial charge in [-0.3, -0.25) is 0 Å². The van der Waals surface area contributed by atoms with Gasteiger partial charge in [0.1, 0.15) is 11.5 Å². The summed E-state index contributed by atoms with van der Waals surface area (Å²) in [5, 5.41) is 0. The van der Waals surface area contributed by atoms with Crippen molar-refractivity contribution in [1.29, 1.82) is 0 Å². The molecule has 0 aliphatic rings. The molecule has 3 nitrogen and oxygen atoms in total. The second-order valence-corrected chi connectivity index (χ2v) is 6.39. The van der Waals surface area contributed by atoms with Crippen molar-refractivity contribution in [1.82, 2.24) is 0 Å². The van der Waals surface area contributed by atoms with Crippen LogP contribution >= 0.6 is 0 Å². The first-order chi connectivity index (χ1) is 12.3. The molecular weight excluding hydrogens is 310 g/mol. The van der Waals surface area contributed by atoms with E-state index in [1.807, 2.05) is 18.2 Å². The van der Waals surface area contributed by atoms with Crippen LogP contribution in [0.1, 0.15) is 44.6 Å². The smallest absolute Gasteiger partial charge is 0.120 e. The molecule has 3 heteroatoms. The van der Waals surface area contributed by atoms with Gasteiger partial charge in [-0.2, -0.15) is 0 Å². The van der Waals surface area contributed by atoms with E-state index < -0.39 is 0 Å². The highest BCUT2D eigenvalue weighted by Crippen LogP contribution is 2.24. The molecule has 0 N–H and O–H groups in total. The van der Waals surface area contributed by atoms with Crippen molar-refractivity contribution in [3.8, 4) is 11.5 Å². The minimum absolute atomic E-state index is 0.894. The van der Waals surface area contributed by atoms with Gasteiger partial charge in [-0.1, -0.05) is 50.8 Å². The number of anilines is 1. The van der Waals surface area contributed by atoms with E-state index in [0.29, 0.717) is 0 Å². The standard InChI is InChI=1S/C22H31NO2/c1-4-5-6-7-8-16-23(20-10-9-11-22(17-20)25-3)18-19-12-14-21(24-2)15-13-19/h9-15,17H,4-8,16,18H2,1-3H3. The minimum atomic E-state index is 0.894. The number of nitrogens with zero attached hydrogens (tertiary/aromatic N) is 1. The summed E-state index contributed by atoms with van der Waals surface area (Å²) in [6.45, 7) is 4.21. The average Bonchev–Trinajstić information content (AvgIpc) is 2.67. The molecule has 0 aliphatic carbocycles. The lowest BCUT2D eigenvalue weighted by Crippen LogP contribution is -2.24. The molecular formula is C22H31NO2. The molecule has 2 rings (SSSR count). The fourth-order valence-electron chi connectivity index (χ4n) is 2.96. The minimum Gasteiger partial charge on any atom is -0.497 e. The van der Waals surface area contributed by atoms with Gasteiger partial charge in [-0.25, -0.2) is 0 Å². The summed E-state index contributed by atoms with van der Waals surface area (Å²) in [7, 11) is 3.42. The number of hydrogen-bond donors (Lipinski definition) is 0. The molecule has 0 heterocycles. The van der Waals surface area contributed by atoms with E-state index in [1.165, 1.54) is 43.4 Å². The van der Waals surface area contributed by atoms with Crippen molar-refractivity contribution in [3.05, 3.63) is 54.1 Å². The summed E-state index contributed by atoms with van der Waals surface area (Å²) in [5.41, 5.74) is 2.50. The average molecular weight is 341 g/mol. The number of rotatable bonds is 11. The molecule has 0 amide bonds. The molecule has 0 atom stereocenters. The molecule has 136 valence electrons. The molecule has 0 saturated carbocycles. The normalized spacial score (nSPS) is 10.5. The van der Waals surface area contributed by atoms with Crippen LogP contribution < -0.4 is 14.4 Å². The predicted molar refractivity (Wildman–Crippen MR) is 106 cm³/mol. The third-order valence-corrected chi connectivity index (χ3v) is 4.48. The van der Waals surface area contributed by atoms with Gasteiger partial charge >= 0.3 is 0 Å². The molecule has 0 saturated heterocycles. The van der Waals surface area contributed by atoms with Crippen molar-refractivity contribution >= 4 is 5.69 Å². The largest absolute Gasteiger partial charge is 0.497 e. The van der Waals surface area contributed by atoms with E-state index >= 15 is 0 Å². The number of benzene rings is 2. The predicted octanol–water partition coefficient (Wildman–Crippen LogP) is 5.68. The maximum absolute atomic E-state index is 5.40. The summed E-state index contributed by atoms with van der Waals surface area (Å²) in [6.07, 6.45) is 6.44. The Hall–Kier alpha value is -2.16. The molecule has 0 aliphatic heterocycles. The van der Waals surface area contributed by atoms with Crippen molar-refractivity contribution in [2.24, 2.45) is 0 Å².